The normalized spacial score (nSPS) is 14.5. The molecule has 224 valence electrons. The van der Waals surface area contributed by atoms with Gasteiger partial charge in [0.2, 0.25) is 5.75 Å². The van der Waals surface area contributed by atoms with Gasteiger partial charge in [0.15, 0.2) is 4.80 Å². The van der Waals surface area contributed by atoms with Gasteiger partial charge in [0.25, 0.3) is 11.2 Å². The van der Waals surface area contributed by atoms with Crippen molar-refractivity contribution >= 4 is 46.5 Å². The molecular formula is C30H24N4O8S2. The molecule has 5 rings (SSSR count). The second-order valence-electron chi connectivity index (χ2n) is 9.41. The first-order valence-electron chi connectivity index (χ1n) is 13.2. The minimum Gasteiger partial charge on any atom is -0.463 e. The number of nitro groups is 2. The first-order chi connectivity index (χ1) is 21.1. The number of esters is 1. The Bertz CT molecular complexity index is 2000. The smallest absolute Gasteiger partial charge is 0.338 e. The standard InChI is InChI=1S/C30H24N4O8S2/c1-4-41-29(36)26-17(2)31-30-32(27(26)19-7-12-22(43-3)13-8-19)28(35)25(44-30)15-18-5-10-21(11-6-18)42-24-14-9-20(33(37)38)16-23(24)34(39)40/h5-16,27H,4H2,1-3H3/b25-15-/t27-/m0/s1. The monoisotopic (exact) mass is 632 g/mol. The van der Waals surface area contributed by atoms with Crippen molar-refractivity contribution in [2.45, 2.75) is 24.8 Å². The van der Waals surface area contributed by atoms with Crippen molar-refractivity contribution in [1.82, 2.24) is 4.57 Å². The van der Waals surface area contributed by atoms with Crippen LogP contribution in [0.2, 0.25) is 0 Å². The number of benzene rings is 3. The van der Waals surface area contributed by atoms with E-state index in [1.807, 2.05) is 30.5 Å². The van der Waals surface area contributed by atoms with E-state index in [0.717, 1.165) is 22.6 Å². The van der Waals surface area contributed by atoms with Gasteiger partial charge in [-0.2, -0.15) is 0 Å². The van der Waals surface area contributed by atoms with Crippen molar-refractivity contribution in [1.29, 1.82) is 0 Å². The zero-order valence-corrected chi connectivity index (χ0v) is 25.2. The SMILES string of the molecule is CCOC(=O)C1=C(C)N=c2s/c(=C\c3ccc(Oc4ccc([N+](=O)[O-])cc4[N+](=O)[O-])cc3)c(=O)n2[C@H]1c1ccc(SC)cc1. The van der Waals surface area contributed by atoms with E-state index in [1.54, 1.807) is 56.0 Å². The number of non-ortho nitro benzene ring substituents is 1. The highest BCUT2D eigenvalue weighted by Gasteiger charge is 2.33. The fourth-order valence-electron chi connectivity index (χ4n) is 4.65. The molecule has 4 aromatic rings. The van der Waals surface area contributed by atoms with Gasteiger partial charge in [-0.05, 0) is 67.6 Å². The summed E-state index contributed by atoms with van der Waals surface area (Å²) in [5.74, 6) is -0.435. The van der Waals surface area contributed by atoms with Crippen LogP contribution in [0.4, 0.5) is 11.4 Å². The molecule has 0 saturated carbocycles. The molecule has 0 radical (unpaired) electrons. The van der Waals surface area contributed by atoms with Gasteiger partial charge >= 0.3 is 11.7 Å². The average molecular weight is 633 g/mol. The van der Waals surface area contributed by atoms with Gasteiger partial charge < -0.3 is 9.47 Å². The Morgan fingerprint density at radius 1 is 1.07 bits per heavy atom. The third-order valence-electron chi connectivity index (χ3n) is 6.70. The van der Waals surface area contributed by atoms with Crippen molar-refractivity contribution < 1.29 is 24.1 Å². The van der Waals surface area contributed by atoms with E-state index < -0.39 is 33.2 Å². The Kier molecular flexibility index (Phi) is 8.73. The fraction of sp³-hybridized carbons (Fsp3) is 0.167. The number of rotatable bonds is 9. The molecule has 0 unspecified atom stereocenters. The Morgan fingerprint density at radius 3 is 2.39 bits per heavy atom. The van der Waals surface area contributed by atoms with Gasteiger partial charge in [0.05, 0.1) is 44.4 Å². The number of thiazole rings is 1. The first kappa shape index (κ1) is 30.4. The lowest BCUT2D eigenvalue weighted by Crippen LogP contribution is -2.39. The molecule has 0 spiro atoms. The van der Waals surface area contributed by atoms with E-state index in [-0.39, 0.29) is 23.7 Å². The maximum Gasteiger partial charge on any atom is 0.338 e. The zero-order chi connectivity index (χ0) is 31.5. The molecule has 2 heterocycles. The van der Waals surface area contributed by atoms with Crippen LogP contribution in [0.5, 0.6) is 11.5 Å². The quantitative estimate of drug-likeness (QED) is 0.106. The molecule has 0 fully saturated rings. The van der Waals surface area contributed by atoms with Gasteiger partial charge in [0, 0.05) is 11.0 Å². The fourth-order valence-corrected chi connectivity index (χ4v) is 6.11. The van der Waals surface area contributed by atoms with Crippen LogP contribution in [-0.4, -0.2) is 33.2 Å². The third-order valence-corrected chi connectivity index (χ3v) is 8.43. The highest BCUT2D eigenvalue weighted by Crippen LogP contribution is 2.35. The van der Waals surface area contributed by atoms with Crippen LogP contribution in [0.25, 0.3) is 6.08 Å². The summed E-state index contributed by atoms with van der Waals surface area (Å²) in [4.78, 5) is 53.9. The Balaban J connectivity index is 1.51. The number of carbonyl (C=O) groups is 1. The number of nitrogens with zero attached hydrogens (tertiary/aromatic N) is 4. The topological polar surface area (TPSA) is 156 Å². The van der Waals surface area contributed by atoms with Gasteiger partial charge in [-0.25, -0.2) is 9.79 Å². The molecule has 0 N–H and O–H groups in total. The van der Waals surface area contributed by atoms with Gasteiger partial charge in [-0.15, -0.1) is 11.8 Å². The predicted molar refractivity (Wildman–Crippen MR) is 165 cm³/mol. The number of ether oxygens (including phenoxy) is 2. The minimum absolute atomic E-state index is 0.153. The molecule has 14 heteroatoms. The maximum absolute atomic E-state index is 13.8. The summed E-state index contributed by atoms with van der Waals surface area (Å²) in [5, 5.41) is 22.5. The van der Waals surface area contributed by atoms with Crippen molar-refractivity contribution in [2.24, 2.45) is 4.99 Å². The number of carbonyl (C=O) groups excluding carboxylic acids is 1. The largest absolute Gasteiger partial charge is 0.463 e. The molecule has 0 aliphatic carbocycles. The third kappa shape index (κ3) is 6.02. The molecular weight excluding hydrogens is 608 g/mol. The average Bonchev–Trinajstić information content (AvgIpc) is 3.31. The molecule has 3 aromatic carbocycles. The predicted octanol–water partition coefficient (Wildman–Crippen LogP) is 5.13. The summed E-state index contributed by atoms with van der Waals surface area (Å²) < 4.78 is 12.9. The van der Waals surface area contributed by atoms with Crippen LogP contribution < -0.4 is 19.6 Å². The van der Waals surface area contributed by atoms with E-state index in [0.29, 0.717) is 26.2 Å². The zero-order valence-electron chi connectivity index (χ0n) is 23.6. The molecule has 0 saturated heterocycles. The number of fused-ring (bicyclic) bond motifs is 1. The van der Waals surface area contributed by atoms with Crippen LogP contribution in [-0.2, 0) is 9.53 Å². The molecule has 12 nitrogen and oxygen atoms in total. The molecule has 1 aromatic heterocycles. The number of aromatic nitrogens is 1. The summed E-state index contributed by atoms with van der Waals surface area (Å²) in [6.45, 7) is 3.62. The second-order valence-corrected chi connectivity index (χ2v) is 11.3. The van der Waals surface area contributed by atoms with Crippen LogP contribution in [0, 0.1) is 20.2 Å². The van der Waals surface area contributed by atoms with Crippen LogP contribution >= 0.6 is 23.1 Å². The van der Waals surface area contributed by atoms with E-state index in [4.69, 9.17) is 9.47 Å². The Labute approximate surface area is 257 Å². The van der Waals surface area contributed by atoms with E-state index in [1.165, 1.54) is 22.0 Å². The lowest BCUT2D eigenvalue weighted by molar-refractivity contribution is -0.394. The highest BCUT2D eigenvalue weighted by atomic mass is 32.2. The molecule has 0 amide bonds. The van der Waals surface area contributed by atoms with Crippen LogP contribution in [0.1, 0.15) is 31.0 Å². The van der Waals surface area contributed by atoms with Crippen molar-refractivity contribution in [2.75, 3.05) is 12.9 Å². The molecule has 0 bridgehead atoms. The lowest BCUT2D eigenvalue weighted by atomic mass is 9.96. The molecule has 44 heavy (non-hydrogen) atoms. The van der Waals surface area contributed by atoms with Crippen LogP contribution in [0.15, 0.2) is 92.7 Å². The summed E-state index contributed by atoms with van der Waals surface area (Å²) in [5.41, 5.74) is 0.854. The lowest BCUT2D eigenvalue weighted by Gasteiger charge is -2.24. The van der Waals surface area contributed by atoms with Gasteiger partial charge in [-0.1, -0.05) is 35.6 Å². The van der Waals surface area contributed by atoms with E-state index in [9.17, 15) is 29.8 Å². The number of nitro benzene ring substituents is 2. The molecule has 1 atom stereocenters. The van der Waals surface area contributed by atoms with Crippen molar-refractivity contribution in [3.63, 3.8) is 0 Å². The summed E-state index contributed by atoms with van der Waals surface area (Å²) >= 11 is 2.77. The Morgan fingerprint density at radius 2 is 1.77 bits per heavy atom. The number of thioether (sulfide) groups is 1. The van der Waals surface area contributed by atoms with Crippen molar-refractivity contribution in [3.05, 3.63) is 129 Å². The first-order valence-corrected chi connectivity index (χ1v) is 15.2. The van der Waals surface area contributed by atoms with E-state index in [2.05, 4.69) is 4.99 Å². The van der Waals surface area contributed by atoms with E-state index >= 15 is 0 Å². The highest BCUT2D eigenvalue weighted by molar-refractivity contribution is 7.98. The second kappa shape index (κ2) is 12.7. The van der Waals surface area contributed by atoms with Gasteiger partial charge in [-0.3, -0.25) is 29.6 Å². The maximum atomic E-state index is 13.8. The number of allylic oxidation sites excluding steroid dienone is 1. The molecule has 1 aliphatic heterocycles. The number of hydrogen-bond donors (Lipinski definition) is 0. The van der Waals surface area contributed by atoms with Gasteiger partial charge in [0.1, 0.15) is 5.75 Å². The molecule has 1 aliphatic rings. The van der Waals surface area contributed by atoms with Crippen molar-refractivity contribution in [3.8, 4) is 11.5 Å². The summed E-state index contributed by atoms with van der Waals surface area (Å²) in [6, 6.07) is 16.5. The number of hydrogen-bond acceptors (Lipinski definition) is 11. The Hall–Kier alpha value is -5.08. The minimum atomic E-state index is -0.754. The van der Waals surface area contributed by atoms with Crippen LogP contribution in [0.3, 0.4) is 0 Å². The summed E-state index contributed by atoms with van der Waals surface area (Å²) in [6.07, 6.45) is 3.64. The summed E-state index contributed by atoms with van der Waals surface area (Å²) in [7, 11) is 0.